The molecule has 1 amide bonds. The highest BCUT2D eigenvalue weighted by Gasteiger charge is 1.97. The van der Waals surface area contributed by atoms with Crippen LogP contribution in [-0.2, 0) is 4.79 Å². The number of rotatable bonds is 2. The van der Waals surface area contributed by atoms with Crippen LogP contribution >= 0.6 is 0 Å². The fourth-order valence-corrected chi connectivity index (χ4v) is 1.12. The van der Waals surface area contributed by atoms with E-state index < -0.39 is 0 Å². The summed E-state index contributed by atoms with van der Waals surface area (Å²) in [5, 5.41) is 2.69. The highest BCUT2D eigenvalue weighted by molar-refractivity contribution is 5.88. The molecule has 0 aromatic heterocycles. The minimum atomic E-state index is -0.0724. The maximum atomic E-state index is 10.7. The average Bonchev–Trinajstić information content (AvgIpc) is 2.17. The SMILES string of the molecule is C/C=C(\N)c1ccc(NC(C)=O)cc1. The maximum absolute atomic E-state index is 10.7. The molecule has 3 heteroatoms. The van der Waals surface area contributed by atoms with Crippen molar-refractivity contribution in [1.29, 1.82) is 0 Å². The van der Waals surface area contributed by atoms with Crippen molar-refractivity contribution >= 4 is 17.3 Å². The van der Waals surface area contributed by atoms with Gasteiger partial charge in [0.15, 0.2) is 0 Å². The van der Waals surface area contributed by atoms with Crippen LogP contribution in [0.3, 0.4) is 0 Å². The van der Waals surface area contributed by atoms with Crippen LogP contribution in [0.15, 0.2) is 30.3 Å². The smallest absolute Gasteiger partial charge is 0.221 e. The first-order valence-corrected chi connectivity index (χ1v) is 4.43. The standard InChI is InChI=1S/C11H14N2O/c1-3-11(12)9-4-6-10(7-5-9)13-8(2)14/h3-7H,12H2,1-2H3,(H,13,14)/b11-3-. The molecule has 1 rings (SSSR count). The monoisotopic (exact) mass is 190 g/mol. The lowest BCUT2D eigenvalue weighted by molar-refractivity contribution is -0.114. The van der Waals surface area contributed by atoms with E-state index in [4.69, 9.17) is 5.73 Å². The van der Waals surface area contributed by atoms with Gasteiger partial charge >= 0.3 is 0 Å². The van der Waals surface area contributed by atoms with Gasteiger partial charge in [-0.25, -0.2) is 0 Å². The van der Waals surface area contributed by atoms with Crippen LogP contribution < -0.4 is 11.1 Å². The van der Waals surface area contributed by atoms with Gasteiger partial charge in [-0.05, 0) is 24.6 Å². The molecule has 0 unspecified atom stereocenters. The zero-order chi connectivity index (χ0) is 10.6. The Kier molecular flexibility index (Phi) is 3.29. The minimum Gasteiger partial charge on any atom is -0.399 e. The van der Waals surface area contributed by atoms with Gasteiger partial charge in [0, 0.05) is 18.3 Å². The molecule has 14 heavy (non-hydrogen) atoms. The number of nitrogens with one attached hydrogen (secondary N) is 1. The van der Waals surface area contributed by atoms with Crippen LogP contribution in [0.1, 0.15) is 19.4 Å². The van der Waals surface area contributed by atoms with E-state index in [1.54, 1.807) is 0 Å². The molecule has 0 bridgehead atoms. The van der Waals surface area contributed by atoms with Gasteiger partial charge in [0.2, 0.25) is 5.91 Å². The minimum absolute atomic E-state index is 0.0724. The van der Waals surface area contributed by atoms with Crippen LogP contribution in [0.5, 0.6) is 0 Å². The van der Waals surface area contributed by atoms with Gasteiger partial charge in [-0.1, -0.05) is 18.2 Å². The number of anilines is 1. The molecule has 3 nitrogen and oxygen atoms in total. The zero-order valence-electron chi connectivity index (χ0n) is 8.37. The van der Waals surface area contributed by atoms with Gasteiger partial charge in [0.05, 0.1) is 0 Å². The molecule has 74 valence electrons. The van der Waals surface area contributed by atoms with Gasteiger partial charge in [-0.15, -0.1) is 0 Å². The Balaban J connectivity index is 2.83. The Morgan fingerprint density at radius 3 is 2.36 bits per heavy atom. The van der Waals surface area contributed by atoms with Crippen molar-refractivity contribution in [2.75, 3.05) is 5.32 Å². The summed E-state index contributed by atoms with van der Waals surface area (Å²) in [6.45, 7) is 3.37. The van der Waals surface area contributed by atoms with Crippen molar-refractivity contribution in [3.05, 3.63) is 35.9 Å². The van der Waals surface area contributed by atoms with E-state index >= 15 is 0 Å². The maximum Gasteiger partial charge on any atom is 0.221 e. The molecule has 0 radical (unpaired) electrons. The van der Waals surface area contributed by atoms with Crippen LogP contribution in [0, 0.1) is 0 Å². The third-order valence-electron chi connectivity index (χ3n) is 1.85. The van der Waals surface area contributed by atoms with Crippen LogP contribution in [-0.4, -0.2) is 5.91 Å². The summed E-state index contributed by atoms with van der Waals surface area (Å²) >= 11 is 0. The molecule has 0 aliphatic heterocycles. The number of hydrogen-bond acceptors (Lipinski definition) is 2. The van der Waals surface area contributed by atoms with E-state index in [0.717, 1.165) is 16.9 Å². The summed E-state index contributed by atoms with van der Waals surface area (Å²) in [5.74, 6) is -0.0724. The second kappa shape index (κ2) is 4.46. The van der Waals surface area contributed by atoms with Crippen molar-refractivity contribution < 1.29 is 4.79 Å². The highest BCUT2D eigenvalue weighted by Crippen LogP contribution is 2.13. The molecular weight excluding hydrogens is 176 g/mol. The van der Waals surface area contributed by atoms with E-state index in [1.165, 1.54) is 6.92 Å². The molecule has 0 atom stereocenters. The summed E-state index contributed by atoms with van der Waals surface area (Å²) in [4.78, 5) is 10.7. The van der Waals surface area contributed by atoms with E-state index in [9.17, 15) is 4.79 Å². The Morgan fingerprint density at radius 1 is 1.36 bits per heavy atom. The first kappa shape index (κ1) is 10.3. The molecule has 0 heterocycles. The zero-order valence-corrected chi connectivity index (χ0v) is 8.37. The van der Waals surface area contributed by atoms with Gasteiger partial charge in [0.25, 0.3) is 0 Å². The van der Waals surface area contributed by atoms with Crippen molar-refractivity contribution in [2.45, 2.75) is 13.8 Å². The highest BCUT2D eigenvalue weighted by atomic mass is 16.1. The quantitative estimate of drug-likeness (QED) is 0.749. The van der Waals surface area contributed by atoms with E-state index in [1.807, 2.05) is 37.3 Å². The lowest BCUT2D eigenvalue weighted by atomic mass is 10.1. The number of amides is 1. The molecule has 0 spiro atoms. The lowest BCUT2D eigenvalue weighted by Gasteiger charge is -2.04. The fourth-order valence-electron chi connectivity index (χ4n) is 1.12. The van der Waals surface area contributed by atoms with Gasteiger partial charge < -0.3 is 11.1 Å². The molecule has 1 aromatic carbocycles. The molecule has 0 saturated carbocycles. The lowest BCUT2D eigenvalue weighted by Crippen LogP contribution is -2.05. The third-order valence-corrected chi connectivity index (χ3v) is 1.85. The molecule has 0 aliphatic rings. The predicted molar refractivity (Wildman–Crippen MR) is 58.6 cm³/mol. The Labute approximate surface area is 83.6 Å². The van der Waals surface area contributed by atoms with E-state index in [0.29, 0.717) is 0 Å². The molecule has 0 aliphatic carbocycles. The van der Waals surface area contributed by atoms with E-state index in [2.05, 4.69) is 5.32 Å². The first-order chi connectivity index (χ1) is 6.63. The number of carbonyl (C=O) groups excluding carboxylic acids is 1. The predicted octanol–water partition coefficient (Wildman–Crippen LogP) is 1.96. The largest absolute Gasteiger partial charge is 0.399 e. The normalized spacial score (nSPS) is 11.1. The van der Waals surface area contributed by atoms with Gasteiger partial charge in [0.1, 0.15) is 0 Å². The molecule has 0 saturated heterocycles. The van der Waals surface area contributed by atoms with Gasteiger partial charge in [-0.2, -0.15) is 0 Å². The Bertz CT molecular complexity index is 352. The number of carbonyl (C=O) groups is 1. The van der Waals surface area contributed by atoms with Crippen molar-refractivity contribution in [2.24, 2.45) is 5.73 Å². The summed E-state index contributed by atoms with van der Waals surface area (Å²) in [6.07, 6.45) is 1.84. The van der Waals surface area contributed by atoms with Crippen molar-refractivity contribution in [3.63, 3.8) is 0 Å². The summed E-state index contributed by atoms with van der Waals surface area (Å²) in [6, 6.07) is 7.40. The summed E-state index contributed by atoms with van der Waals surface area (Å²) < 4.78 is 0. The molecule has 3 N–H and O–H groups in total. The fraction of sp³-hybridized carbons (Fsp3) is 0.182. The second-order valence-electron chi connectivity index (χ2n) is 3.00. The Morgan fingerprint density at radius 2 is 1.93 bits per heavy atom. The third kappa shape index (κ3) is 2.62. The van der Waals surface area contributed by atoms with Crippen molar-refractivity contribution in [3.8, 4) is 0 Å². The first-order valence-electron chi connectivity index (χ1n) is 4.43. The molecule has 0 fully saturated rings. The van der Waals surface area contributed by atoms with Crippen LogP contribution in [0.25, 0.3) is 5.70 Å². The summed E-state index contributed by atoms with van der Waals surface area (Å²) in [5.41, 5.74) is 8.20. The topological polar surface area (TPSA) is 55.1 Å². The number of benzene rings is 1. The Hall–Kier alpha value is -1.77. The molecule has 1 aromatic rings. The number of nitrogens with two attached hydrogens (primary N) is 1. The molecular formula is C11H14N2O. The van der Waals surface area contributed by atoms with Gasteiger partial charge in [-0.3, -0.25) is 4.79 Å². The number of hydrogen-bond donors (Lipinski definition) is 2. The second-order valence-corrected chi connectivity index (χ2v) is 3.00. The van der Waals surface area contributed by atoms with Crippen LogP contribution in [0.4, 0.5) is 5.69 Å². The number of allylic oxidation sites excluding steroid dienone is 1. The van der Waals surface area contributed by atoms with Crippen molar-refractivity contribution in [1.82, 2.24) is 0 Å². The van der Waals surface area contributed by atoms with E-state index in [-0.39, 0.29) is 5.91 Å². The van der Waals surface area contributed by atoms with Crippen LogP contribution in [0.2, 0.25) is 0 Å². The summed E-state index contributed by atoms with van der Waals surface area (Å²) in [7, 11) is 0. The average molecular weight is 190 g/mol.